The lowest BCUT2D eigenvalue weighted by Gasteiger charge is -2.04. The largest absolute Gasteiger partial charge is 0.316 e. The van der Waals surface area contributed by atoms with Gasteiger partial charge in [-0.25, -0.2) is 4.98 Å². The van der Waals surface area contributed by atoms with Crippen molar-refractivity contribution in [1.82, 2.24) is 10.3 Å². The number of nitrogens with zero attached hydrogens (tertiary/aromatic N) is 1. The molecule has 0 amide bonds. The van der Waals surface area contributed by atoms with E-state index in [9.17, 15) is 0 Å². The average molecular weight is 258 g/mol. The fourth-order valence-electron chi connectivity index (χ4n) is 1.76. The molecule has 2 nitrogen and oxygen atoms in total. The molecule has 0 atom stereocenters. The average Bonchev–Trinajstić information content (AvgIpc) is 2.38. The van der Waals surface area contributed by atoms with E-state index in [1.807, 2.05) is 13.2 Å². The highest BCUT2D eigenvalue weighted by Crippen LogP contribution is 2.21. The summed E-state index contributed by atoms with van der Waals surface area (Å²) < 4.78 is 0. The quantitative estimate of drug-likeness (QED) is 0.832. The van der Waals surface area contributed by atoms with Crippen LogP contribution in [0.25, 0.3) is 0 Å². The summed E-state index contributed by atoms with van der Waals surface area (Å²) >= 11 is 1.78. The Kier molecular flexibility index (Phi) is 4.79. The maximum absolute atomic E-state index is 4.46. The summed E-state index contributed by atoms with van der Waals surface area (Å²) in [6.07, 6.45) is 1.94. The molecule has 1 aromatic carbocycles. The van der Waals surface area contributed by atoms with E-state index in [2.05, 4.69) is 53.6 Å². The van der Waals surface area contributed by atoms with Crippen LogP contribution in [0.4, 0.5) is 0 Å². The summed E-state index contributed by atoms with van der Waals surface area (Å²) in [5.74, 6) is 0.972. The molecule has 2 rings (SSSR count). The van der Waals surface area contributed by atoms with E-state index >= 15 is 0 Å². The number of rotatable bonds is 5. The molecule has 0 aliphatic carbocycles. The van der Waals surface area contributed by atoms with Crippen LogP contribution in [0.15, 0.2) is 47.6 Å². The van der Waals surface area contributed by atoms with Crippen LogP contribution in [-0.2, 0) is 12.3 Å². The second-order valence-electron chi connectivity index (χ2n) is 4.31. The molecule has 0 aliphatic rings. The molecule has 3 heteroatoms. The lowest BCUT2D eigenvalue weighted by molar-refractivity contribution is 0.809. The number of nitrogens with one attached hydrogen (secondary N) is 1. The molecular formula is C15H18N2S. The molecular weight excluding hydrogens is 240 g/mol. The van der Waals surface area contributed by atoms with E-state index < -0.39 is 0 Å². The van der Waals surface area contributed by atoms with Crippen LogP contribution < -0.4 is 5.32 Å². The first-order chi connectivity index (χ1) is 8.78. The summed E-state index contributed by atoms with van der Waals surface area (Å²) in [4.78, 5) is 4.46. The third-order valence-corrected chi connectivity index (χ3v) is 3.66. The molecule has 1 aromatic heterocycles. The third-order valence-electron chi connectivity index (χ3n) is 2.65. The van der Waals surface area contributed by atoms with Gasteiger partial charge in [0.05, 0.1) is 5.03 Å². The van der Waals surface area contributed by atoms with Crippen LogP contribution >= 0.6 is 11.8 Å². The molecule has 94 valence electrons. The Morgan fingerprint density at radius 3 is 2.72 bits per heavy atom. The van der Waals surface area contributed by atoms with Crippen LogP contribution in [0.1, 0.15) is 16.7 Å². The number of aryl methyl sites for hydroxylation is 1. The third kappa shape index (κ3) is 3.86. The van der Waals surface area contributed by atoms with Crippen molar-refractivity contribution < 1.29 is 0 Å². The van der Waals surface area contributed by atoms with E-state index in [-0.39, 0.29) is 0 Å². The van der Waals surface area contributed by atoms with Crippen molar-refractivity contribution in [3.63, 3.8) is 0 Å². The summed E-state index contributed by atoms with van der Waals surface area (Å²) in [7, 11) is 1.94. The van der Waals surface area contributed by atoms with Gasteiger partial charge in [-0.3, -0.25) is 0 Å². The van der Waals surface area contributed by atoms with Gasteiger partial charge < -0.3 is 5.32 Å². The van der Waals surface area contributed by atoms with Gasteiger partial charge in [-0.2, -0.15) is 0 Å². The van der Waals surface area contributed by atoms with E-state index in [1.54, 1.807) is 11.8 Å². The standard InChI is InChI=1S/C15H18N2S/c1-12-4-3-5-13(8-12)11-18-15-7-6-14(9-16-2)10-17-15/h3-8,10,16H,9,11H2,1-2H3. The van der Waals surface area contributed by atoms with Gasteiger partial charge in [0.1, 0.15) is 0 Å². The number of pyridine rings is 1. The molecule has 0 saturated heterocycles. The SMILES string of the molecule is CNCc1ccc(SCc2cccc(C)c2)nc1. The smallest absolute Gasteiger partial charge is 0.0963 e. The van der Waals surface area contributed by atoms with E-state index in [1.165, 1.54) is 16.7 Å². The summed E-state index contributed by atoms with van der Waals surface area (Å²) in [5, 5.41) is 4.20. The van der Waals surface area contributed by atoms with Crippen molar-refractivity contribution in [1.29, 1.82) is 0 Å². The van der Waals surface area contributed by atoms with Crippen LogP contribution in [-0.4, -0.2) is 12.0 Å². The minimum Gasteiger partial charge on any atom is -0.316 e. The Labute approximate surface area is 113 Å². The minimum absolute atomic E-state index is 0.871. The Balaban J connectivity index is 1.93. The van der Waals surface area contributed by atoms with E-state index in [0.29, 0.717) is 0 Å². The molecule has 0 aliphatic heterocycles. The fourth-order valence-corrected chi connectivity index (χ4v) is 2.55. The zero-order valence-electron chi connectivity index (χ0n) is 10.8. The van der Waals surface area contributed by atoms with Crippen molar-refractivity contribution in [3.8, 4) is 0 Å². The molecule has 1 heterocycles. The molecule has 1 N–H and O–H groups in total. The highest BCUT2D eigenvalue weighted by Gasteiger charge is 1.99. The molecule has 0 saturated carbocycles. The second-order valence-corrected chi connectivity index (χ2v) is 5.31. The fraction of sp³-hybridized carbons (Fsp3) is 0.267. The van der Waals surface area contributed by atoms with Crippen molar-refractivity contribution in [2.24, 2.45) is 0 Å². The normalized spacial score (nSPS) is 10.6. The second kappa shape index (κ2) is 6.57. The zero-order chi connectivity index (χ0) is 12.8. The number of aromatic nitrogens is 1. The first kappa shape index (κ1) is 13.1. The van der Waals surface area contributed by atoms with Gasteiger partial charge in [0.25, 0.3) is 0 Å². The van der Waals surface area contributed by atoms with Crippen molar-refractivity contribution >= 4 is 11.8 Å². The lowest BCUT2D eigenvalue weighted by atomic mass is 10.2. The highest BCUT2D eigenvalue weighted by molar-refractivity contribution is 7.98. The van der Waals surface area contributed by atoms with Crippen LogP contribution in [0.3, 0.4) is 0 Å². The monoisotopic (exact) mass is 258 g/mol. The number of benzene rings is 1. The molecule has 2 aromatic rings. The predicted molar refractivity (Wildman–Crippen MR) is 77.7 cm³/mol. The maximum Gasteiger partial charge on any atom is 0.0963 e. The minimum atomic E-state index is 0.871. The van der Waals surface area contributed by atoms with Crippen LogP contribution in [0.5, 0.6) is 0 Å². The van der Waals surface area contributed by atoms with E-state index in [0.717, 1.165) is 17.3 Å². The molecule has 0 radical (unpaired) electrons. The first-order valence-corrected chi connectivity index (χ1v) is 7.04. The van der Waals surface area contributed by atoms with E-state index in [4.69, 9.17) is 0 Å². The summed E-state index contributed by atoms with van der Waals surface area (Å²) in [6.45, 7) is 2.99. The van der Waals surface area contributed by atoms with Crippen LogP contribution in [0, 0.1) is 6.92 Å². The molecule has 0 unspecified atom stereocenters. The predicted octanol–water partition coefficient (Wildman–Crippen LogP) is 3.40. The van der Waals surface area contributed by atoms with Gasteiger partial charge in [0.15, 0.2) is 0 Å². The van der Waals surface area contributed by atoms with Crippen LogP contribution in [0.2, 0.25) is 0 Å². The van der Waals surface area contributed by atoms with Gasteiger partial charge in [0.2, 0.25) is 0 Å². The number of hydrogen-bond acceptors (Lipinski definition) is 3. The van der Waals surface area contributed by atoms with Gasteiger partial charge in [0, 0.05) is 18.5 Å². The Hall–Kier alpha value is -1.32. The van der Waals surface area contributed by atoms with Gasteiger partial charge in [-0.05, 0) is 31.2 Å². The van der Waals surface area contributed by atoms with Crippen molar-refractivity contribution in [2.45, 2.75) is 24.2 Å². The lowest BCUT2D eigenvalue weighted by Crippen LogP contribution is -2.05. The molecule has 0 bridgehead atoms. The topological polar surface area (TPSA) is 24.9 Å². The number of thioether (sulfide) groups is 1. The van der Waals surface area contributed by atoms with Crippen molar-refractivity contribution in [2.75, 3.05) is 7.05 Å². The van der Waals surface area contributed by atoms with Gasteiger partial charge in [-0.15, -0.1) is 11.8 Å². The summed E-state index contributed by atoms with van der Waals surface area (Å²) in [5.41, 5.74) is 3.88. The van der Waals surface area contributed by atoms with Gasteiger partial charge >= 0.3 is 0 Å². The Morgan fingerprint density at radius 2 is 2.06 bits per heavy atom. The Morgan fingerprint density at radius 1 is 1.17 bits per heavy atom. The van der Waals surface area contributed by atoms with Crippen molar-refractivity contribution in [3.05, 3.63) is 59.3 Å². The number of hydrogen-bond donors (Lipinski definition) is 1. The maximum atomic E-state index is 4.46. The highest BCUT2D eigenvalue weighted by atomic mass is 32.2. The Bertz CT molecular complexity index is 494. The molecule has 0 fully saturated rings. The molecule has 18 heavy (non-hydrogen) atoms. The first-order valence-electron chi connectivity index (χ1n) is 6.06. The molecule has 0 spiro atoms. The van der Waals surface area contributed by atoms with Gasteiger partial charge in [-0.1, -0.05) is 35.9 Å². The zero-order valence-corrected chi connectivity index (χ0v) is 11.6. The summed E-state index contributed by atoms with van der Waals surface area (Å²) in [6, 6.07) is 12.8.